The Morgan fingerprint density at radius 2 is 2.30 bits per heavy atom. The highest BCUT2D eigenvalue weighted by Crippen LogP contribution is 2.03. The average Bonchev–Trinajstić information content (AvgIpc) is 1.88. The van der Waals surface area contributed by atoms with Crippen LogP contribution >= 0.6 is 0 Å². The first-order valence-electron chi connectivity index (χ1n) is 3.60. The Bertz CT molecular complexity index is 149. The lowest BCUT2D eigenvalue weighted by Gasteiger charge is -2.15. The second kappa shape index (κ2) is 3.34. The largest absolute Gasteiger partial charge is 0.367 e. The van der Waals surface area contributed by atoms with E-state index in [9.17, 15) is 0 Å². The van der Waals surface area contributed by atoms with Crippen molar-refractivity contribution in [2.45, 2.75) is 26.3 Å². The van der Waals surface area contributed by atoms with E-state index in [1.807, 2.05) is 6.21 Å². The minimum absolute atomic E-state index is 0.387. The van der Waals surface area contributed by atoms with Crippen molar-refractivity contribution in [3.8, 4) is 0 Å². The molecule has 0 aromatic carbocycles. The van der Waals surface area contributed by atoms with Gasteiger partial charge in [-0.25, -0.2) is 0 Å². The van der Waals surface area contributed by atoms with E-state index in [1.165, 1.54) is 0 Å². The van der Waals surface area contributed by atoms with Gasteiger partial charge in [-0.3, -0.25) is 0 Å². The van der Waals surface area contributed by atoms with Crippen molar-refractivity contribution in [1.82, 2.24) is 5.32 Å². The van der Waals surface area contributed by atoms with E-state index in [0.29, 0.717) is 12.0 Å². The van der Waals surface area contributed by atoms with Crippen molar-refractivity contribution in [2.75, 3.05) is 0 Å². The molecule has 0 radical (unpaired) electrons. The lowest BCUT2D eigenvalue weighted by Crippen LogP contribution is -2.32. The monoisotopic (exact) mass is 139 g/mol. The fourth-order valence-corrected chi connectivity index (χ4v) is 0.961. The minimum atomic E-state index is 0.387. The molecule has 0 fully saturated rings. The summed E-state index contributed by atoms with van der Waals surface area (Å²) >= 11 is 0. The summed E-state index contributed by atoms with van der Waals surface area (Å²) in [6.07, 6.45) is 4.61. The molecule has 10 heavy (non-hydrogen) atoms. The van der Waals surface area contributed by atoms with Gasteiger partial charge in [0, 0.05) is 6.21 Å². The highest BCUT2D eigenvalue weighted by atomic mass is 15.3. The van der Waals surface area contributed by atoms with Gasteiger partial charge in [0.15, 0.2) is 0 Å². The smallest absolute Gasteiger partial charge is 0.111 e. The molecule has 1 N–H and O–H groups in total. The van der Waals surface area contributed by atoms with E-state index in [-0.39, 0.29) is 0 Å². The molecule has 0 amide bonds. The van der Waals surface area contributed by atoms with Crippen molar-refractivity contribution < 1.29 is 0 Å². The molecule has 0 aromatic heterocycles. The van der Waals surface area contributed by atoms with Gasteiger partial charge in [0.2, 0.25) is 0 Å². The summed E-state index contributed by atoms with van der Waals surface area (Å²) in [7, 11) is 0. The van der Waals surface area contributed by atoms with Crippen molar-refractivity contribution in [3.05, 3.63) is 0 Å². The van der Waals surface area contributed by atoms with Gasteiger partial charge < -0.3 is 5.32 Å². The molecule has 0 spiro atoms. The second-order valence-electron chi connectivity index (χ2n) is 2.91. The molecule has 0 aromatic rings. The maximum absolute atomic E-state index is 3.79. The SMILES string of the molecule is CC(C)CC1C=NN=CN1. The molecule has 1 aliphatic heterocycles. The van der Waals surface area contributed by atoms with Crippen LogP contribution < -0.4 is 5.32 Å². The van der Waals surface area contributed by atoms with Crippen molar-refractivity contribution >= 4 is 12.6 Å². The first-order valence-corrected chi connectivity index (χ1v) is 3.60. The Morgan fingerprint density at radius 1 is 1.50 bits per heavy atom. The van der Waals surface area contributed by atoms with Gasteiger partial charge in [0.1, 0.15) is 6.34 Å². The summed E-state index contributed by atoms with van der Waals surface area (Å²) in [5.41, 5.74) is 0. The summed E-state index contributed by atoms with van der Waals surface area (Å²) in [6, 6.07) is 0.387. The zero-order valence-corrected chi connectivity index (χ0v) is 6.41. The average molecular weight is 139 g/mol. The third-order valence-electron chi connectivity index (χ3n) is 1.38. The first-order chi connectivity index (χ1) is 4.79. The lowest BCUT2D eigenvalue weighted by molar-refractivity contribution is 0.539. The Balaban J connectivity index is 2.30. The van der Waals surface area contributed by atoms with Gasteiger partial charge in [-0.05, 0) is 12.3 Å². The van der Waals surface area contributed by atoms with E-state index in [1.54, 1.807) is 6.34 Å². The van der Waals surface area contributed by atoms with Crippen molar-refractivity contribution in [2.24, 2.45) is 16.1 Å². The molecule has 1 heterocycles. The number of nitrogens with zero attached hydrogens (tertiary/aromatic N) is 2. The molecular weight excluding hydrogens is 126 g/mol. The zero-order valence-electron chi connectivity index (χ0n) is 6.41. The normalized spacial score (nSPS) is 23.3. The Kier molecular flexibility index (Phi) is 2.42. The van der Waals surface area contributed by atoms with Gasteiger partial charge in [-0.2, -0.15) is 5.10 Å². The van der Waals surface area contributed by atoms with E-state index in [2.05, 4.69) is 29.4 Å². The topological polar surface area (TPSA) is 36.8 Å². The highest BCUT2D eigenvalue weighted by Gasteiger charge is 2.07. The van der Waals surface area contributed by atoms with Crippen LogP contribution in [0.25, 0.3) is 0 Å². The Morgan fingerprint density at radius 3 is 2.80 bits per heavy atom. The zero-order chi connectivity index (χ0) is 7.40. The van der Waals surface area contributed by atoms with Gasteiger partial charge in [0.25, 0.3) is 0 Å². The Labute approximate surface area is 61.2 Å². The predicted octanol–water partition coefficient (Wildman–Crippen LogP) is 1.02. The standard InChI is InChI=1S/C7H13N3/c1-6(2)3-7-4-9-10-5-8-7/h4-7H,3H2,1-2H3,(H,8,10). The summed E-state index contributed by atoms with van der Waals surface area (Å²) in [5, 5.41) is 10.6. The van der Waals surface area contributed by atoms with Crippen LogP contribution in [0.4, 0.5) is 0 Å². The molecule has 1 unspecified atom stereocenters. The molecule has 3 nitrogen and oxygen atoms in total. The fourth-order valence-electron chi connectivity index (χ4n) is 0.961. The molecular formula is C7H13N3. The van der Waals surface area contributed by atoms with Crippen LogP contribution in [0.5, 0.6) is 0 Å². The van der Waals surface area contributed by atoms with Crippen LogP contribution in [-0.2, 0) is 0 Å². The molecule has 0 saturated heterocycles. The van der Waals surface area contributed by atoms with Gasteiger partial charge in [-0.1, -0.05) is 13.8 Å². The summed E-state index contributed by atoms with van der Waals surface area (Å²) in [4.78, 5) is 0. The molecule has 1 rings (SSSR count). The molecule has 0 aliphatic carbocycles. The number of rotatable bonds is 2. The molecule has 0 saturated carbocycles. The van der Waals surface area contributed by atoms with Crippen LogP contribution in [0.1, 0.15) is 20.3 Å². The van der Waals surface area contributed by atoms with Crippen LogP contribution in [0.3, 0.4) is 0 Å². The van der Waals surface area contributed by atoms with Crippen LogP contribution in [0.2, 0.25) is 0 Å². The van der Waals surface area contributed by atoms with Gasteiger partial charge in [0.05, 0.1) is 6.04 Å². The number of hydrogen-bond donors (Lipinski definition) is 1. The van der Waals surface area contributed by atoms with Crippen molar-refractivity contribution in [3.63, 3.8) is 0 Å². The van der Waals surface area contributed by atoms with E-state index in [4.69, 9.17) is 0 Å². The molecule has 0 bridgehead atoms. The highest BCUT2D eigenvalue weighted by molar-refractivity contribution is 5.73. The quantitative estimate of drug-likeness (QED) is 0.609. The third kappa shape index (κ3) is 2.17. The summed E-state index contributed by atoms with van der Waals surface area (Å²) in [6.45, 7) is 4.39. The van der Waals surface area contributed by atoms with Gasteiger partial charge >= 0.3 is 0 Å². The molecule has 3 heteroatoms. The van der Waals surface area contributed by atoms with Crippen LogP contribution in [0, 0.1) is 5.92 Å². The number of hydrogen-bond acceptors (Lipinski definition) is 3. The summed E-state index contributed by atoms with van der Waals surface area (Å²) in [5.74, 6) is 0.704. The van der Waals surface area contributed by atoms with Gasteiger partial charge in [-0.15, -0.1) is 5.10 Å². The molecule has 1 aliphatic rings. The van der Waals surface area contributed by atoms with E-state index in [0.717, 1.165) is 6.42 Å². The van der Waals surface area contributed by atoms with Crippen LogP contribution in [0.15, 0.2) is 10.2 Å². The predicted molar refractivity (Wildman–Crippen MR) is 43.4 cm³/mol. The third-order valence-corrected chi connectivity index (χ3v) is 1.38. The number of nitrogens with one attached hydrogen (secondary N) is 1. The van der Waals surface area contributed by atoms with Crippen molar-refractivity contribution in [1.29, 1.82) is 0 Å². The second-order valence-corrected chi connectivity index (χ2v) is 2.91. The Hall–Kier alpha value is -0.860. The molecule has 1 atom stereocenters. The minimum Gasteiger partial charge on any atom is -0.367 e. The molecule has 56 valence electrons. The first kappa shape index (κ1) is 7.25. The maximum atomic E-state index is 3.79. The van der Waals surface area contributed by atoms with Crippen LogP contribution in [-0.4, -0.2) is 18.6 Å². The lowest BCUT2D eigenvalue weighted by atomic mass is 10.1. The van der Waals surface area contributed by atoms with E-state index < -0.39 is 0 Å². The fraction of sp³-hybridized carbons (Fsp3) is 0.714. The summed E-state index contributed by atoms with van der Waals surface area (Å²) < 4.78 is 0. The van der Waals surface area contributed by atoms with E-state index >= 15 is 0 Å². The maximum Gasteiger partial charge on any atom is 0.111 e.